The van der Waals surface area contributed by atoms with Gasteiger partial charge < -0.3 is 15.5 Å². The number of nitrogens with zero attached hydrogens (tertiary/aromatic N) is 1. The van der Waals surface area contributed by atoms with Gasteiger partial charge in [0, 0.05) is 6.54 Å². The van der Waals surface area contributed by atoms with Crippen molar-refractivity contribution >= 4 is 21.8 Å². The Labute approximate surface area is 167 Å². The summed E-state index contributed by atoms with van der Waals surface area (Å²) in [5.41, 5.74) is 1.77. The van der Waals surface area contributed by atoms with E-state index in [2.05, 4.69) is 10.6 Å². The number of piperazine rings is 1. The molecule has 1 saturated heterocycles. The highest BCUT2D eigenvalue weighted by Crippen LogP contribution is 2.20. The van der Waals surface area contributed by atoms with E-state index in [0.717, 1.165) is 16.0 Å². The Balaban J connectivity index is 1.90. The molecule has 9 heteroatoms. The molecule has 1 aliphatic heterocycles. The Morgan fingerprint density at radius 1 is 1.21 bits per heavy atom. The molecular weight excluding hydrogens is 380 g/mol. The first-order chi connectivity index (χ1) is 13.1. The summed E-state index contributed by atoms with van der Waals surface area (Å²) in [7, 11) is -3.53. The summed E-state index contributed by atoms with van der Waals surface area (Å²) in [6, 6.07) is 4.75. The van der Waals surface area contributed by atoms with Gasteiger partial charge in [-0.25, -0.2) is 8.42 Å². The van der Waals surface area contributed by atoms with E-state index in [0.29, 0.717) is 37.6 Å². The first kappa shape index (κ1) is 22.3. The molecule has 1 aromatic carbocycles. The van der Waals surface area contributed by atoms with Crippen molar-refractivity contribution in [1.29, 1.82) is 0 Å². The molecule has 0 aromatic heterocycles. The Kier molecular flexibility index (Phi) is 7.56. The van der Waals surface area contributed by atoms with Crippen LogP contribution in [-0.4, -0.2) is 69.8 Å². The molecule has 28 heavy (non-hydrogen) atoms. The second-order valence-electron chi connectivity index (χ2n) is 7.28. The zero-order valence-corrected chi connectivity index (χ0v) is 17.9. The van der Waals surface area contributed by atoms with E-state index < -0.39 is 16.1 Å². The molecule has 2 rings (SSSR count). The molecule has 0 aliphatic carbocycles. The average molecular weight is 412 g/mol. The minimum Gasteiger partial charge on any atom is -0.355 e. The van der Waals surface area contributed by atoms with Crippen LogP contribution in [0.5, 0.6) is 0 Å². The summed E-state index contributed by atoms with van der Waals surface area (Å²) < 4.78 is 27.3. The molecule has 8 nitrogen and oxygen atoms in total. The summed E-state index contributed by atoms with van der Waals surface area (Å²) in [4.78, 5) is 25.2. The van der Waals surface area contributed by atoms with Gasteiger partial charge in [-0.2, -0.15) is 4.31 Å². The van der Waals surface area contributed by atoms with Gasteiger partial charge >= 0.3 is 0 Å². The third-order valence-corrected chi connectivity index (χ3v) is 6.97. The second kappa shape index (κ2) is 9.49. The van der Waals surface area contributed by atoms with Gasteiger partial charge in [0.25, 0.3) is 5.91 Å². The number of hydrogen-bond acceptors (Lipinski definition) is 4. The van der Waals surface area contributed by atoms with Gasteiger partial charge in [-0.05, 0) is 39.3 Å². The van der Waals surface area contributed by atoms with E-state index in [9.17, 15) is 18.0 Å². The minimum atomic E-state index is -3.53. The number of likely N-dealkylation sites (N-methyl/N-ethyl adjacent to an activating group) is 1. The van der Waals surface area contributed by atoms with Gasteiger partial charge in [0.15, 0.2) is 6.54 Å². The Morgan fingerprint density at radius 3 is 2.43 bits per heavy atom. The number of carbonyl (C=O) groups is 2. The molecule has 0 bridgehead atoms. The van der Waals surface area contributed by atoms with Crippen LogP contribution in [0.3, 0.4) is 0 Å². The summed E-state index contributed by atoms with van der Waals surface area (Å²) >= 11 is 0. The third kappa shape index (κ3) is 5.52. The number of hydrogen-bond donors (Lipinski definition) is 3. The van der Waals surface area contributed by atoms with Crippen LogP contribution in [0.1, 0.15) is 25.0 Å². The lowest BCUT2D eigenvalue weighted by molar-refractivity contribution is -0.895. The van der Waals surface area contributed by atoms with E-state index in [1.54, 1.807) is 13.0 Å². The van der Waals surface area contributed by atoms with E-state index in [1.807, 2.05) is 32.9 Å². The van der Waals surface area contributed by atoms with Crippen LogP contribution in [-0.2, 0) is 19.6 Å². The molecule has 1 fully saturated rings. The largest absolute Gasteiger partial charge is 0.355 e. The lowest BCUT2D eigenvalue weighted by atomic mass is 10.2. The van der Waals surface area contributed by atoms with Crippen LogP contribution in [0, 0.1) is 13.8 Å². The van der Waals surface area contributed by atoms with Crippen molar-refractivity contribution in [2.45, 2.75) is 38.6 Å². The monoisotopic (exact) mass is 411 g/mol. The van der Waals surface area contributed by atoms with Gasteiger partial charge in [0.1, 0.15) is 6.04 Å². The van der Waals surface area contributed by atoms with Crippen LogP contribution in [0.25, 0.3) is 0 Å². The topological polar surface area (TPSA) is 100 Å². The van der Waals surface area contributed by atoms with Crippen LogP contribution < -0.4 is 15.5 Å². The Morgan fingerprint density at radius 2 is 1.86 bits per heavy atom. The number of rotatable bonds is 7. The maximum Gasteiger partial charge on any atom is 0.275 e. The van der Waals surface area contributed by atoms with Crippen molar-refractivity contribution < 1.29 is 22.9 Å². The Bertz CT molecular complexity index is 817. The fourth-order valence-corrected chi connectivity index (χ4v) is 5.01. The molecule has 0 spiro atoms. The van der Waals surface area contributed by atoms with E-state index in [-0.39, 0.29) is 18.4 Å². The highest BCUT2D eigenvalue weighted by Gasteiger charge is 2.32. The standard InChI is InChI=1S/C19H30N4O4S/c1-5-20-19(25)16(4)21-18(24)13-22-8-10-23(11-9-22)28(26,27)17-7-6-14(2)12-15(17)3/h6-7,12,16H,5,8-11,13H2,1-4H3,(H,20,25)(H,21,24)/p+1/t16-/m0/s1. The smallest absolute Gasteiger partial charge is 0.275 e. The van der Waals surface area contributed by atoms with Crippen LogP contribution in [0.15, 0.2) is 23.1 Å². The molecule has 0 unspecified atom stereocenters. The fraction of sp³-hybridized carbons (Fsp3) is 0.579. The van der Waals surface area contributed by atoms with Crippen molar-refractivity contribution in [3.05, 3.63) is 29.3 Å². The van der Waals surface area contributed by atoms with Crippen molar-refractivity contribution in [1.82, 2.24) is 14.9 Å². The highest BCUT2D eigenvalue weighted by molar-refractivity contribution is 7.89. The summed E-state index contributed by atoms with van der Waals surface area (Å²) in [5.74, 6) is -0.422. The molecule has 3 N–H and O–H groups in total. The van der Waals surface area contributed by atoms with Crippen LogP contribution in [0.2, 0.25) is 0 Å². The molecule has 1 aromatic rings. The van der Waals surface area contributed by atoms with Gasteiger partial charge in [-0.15, -0.1) is 0 Å². The molecular formula is C19H31N4O4S+. The number of sulfonamides is 1. The average Bonchev–Trinajstić information content (AvgIpc) is 2.61. The van der Waals surface area contributed by atoms with E-state index >= 15 is 0 Å². The number of amides is 2. The molecule has 156 valence electrons. The van der Waals surface area contributed by atoms with Crippen LogP contribution >= 0.6 is 0 Å². The van der Waals surface area contributed by atoms with Crippen molar-refractivity contribution in [2.75, 3.05) is 39.3 Å². The highest BCUT2D eigenvalue weighted by atomic mass is 32.2. The first-order valence-electron chi connectivity index (χ1n) is 9.63. The molecule has 0 saturated carbocycles. The molecule has 1 heterocycles. The maximum atomic E-state index is 12.9. The zero-order chi connectivity index (χ0) is 20.9. The van der Waals surface area contributed by atoms with Gasteiger partial charge in [-0.3, -0.25) is 9.59 Å². The quantitative estimate of drug-likeness (QED) is 0.527. The van der Waals surface area contributed by atoms with Gasteiger partial charge in [-0.1, -0.05) is 17.7 Å². The number of carbonyl (C=O) groups excluding carboxylic acids is 2. The lowest BCUT2D eigenvalue weighted by Gasteiger charge is -2.31. The van der Waals surface area contributed by atoms with Gasteiger partial charge in [0.2, 0.25) is 15.9 Å². The SMILES string of the molecule is CCNC(=O)[C@H](C)NC(=O)C[NH+]1CCN(S(=O)(=O)c2ccc(C)cc2C)CC1. The lowest BCUT2D eigenvalue weighted by Crippen LogP contribution is -3.15. The molecule has 0 radical (unpaired) electrons. The normalized spacial score (nSPS) is 17.1. The number of quaternary nitrogens is 1. The van der Waals surface area contributed by atoms with Gasteiger partial charge in [0.05, 0.1) is 31.1 Å². The van der Waals surface area contributed by atoms with Crippen molar-refractivity contribution in [2.24, 2.45) is 0 Å². The number of benzene rings is 1. The van der Waals surface area contributed by atoms with Crippen molar-refractivity contribution in [3.8, 4) is 0 Å². The second-order valence-corrected chi connectivity index (χ2v) is 9.19. The molecule has 2 amide bonds. The maximum absolute atomic E-state index is 12.9. The van der Waals surface area contributed by atoms with Crippen molar-refractivity contribution in [3.63, 3.8) is 0 Å². The minimum absolute atomic E-state index is 0.209. The fourth-order valence-electron chi connectivity index (χ4n) is 3.36. The summed E-state index contributed by atoms with van der Waals surface area (Å²) in [6.45, 7) is 9.77. The third-order valence-electron chi connectivity index (χ3n) is 4.91. The number of nitrogens with one attached hydrogen (secondary N) is 3. The summed E-state index contributed by atoms with van der Waals surface area (Å²) in [5, 5.41) is 5.35. The predicted octanol–water partition coefficient (Wildman–Crippen LogP) is -1.17. The van der Waals surface area contributed by atoms with Crippen LogP contribution in [0.4, 0.5) is 0 Å². The predicted molar refractivity (Wildman–Crippen MR) is 107 cm³/mol. The summed E-state index contributed by atoms with van der Waals surface area (Å²) in [6.07, 6.45) is 0. The number of aryl methyl sites for hydroxylation is 2. The Hall–Kier alpha value is -1.97. The van der Waals surface area contributed by atoms with E-state index in [4.69, 9.17) is 0 Å². The molecule has 1 atom stereocenters. The zero-order valence-electron chi connectivity index (χ0n) is 17.0. The van der Waals surface area contributed by atoms with E-state index in [1.165, 1.54) is 4.31 Å². The molecule has 1 aliphatic rings. The first-order valence-corrected chi connectivity index (χ1v) is 11.1.